The van der Waals surface area contributed by atoms with E-state index in [1.54, 1.807) is 11.0 Å². The van der Waals surface area contributed by atoms with E-state index < -0.39 is 11.7 Å². The quantitative estimate of drug-likeness (QED) is 0.785. The van der Waals surface area contributed by atoms with Crippen molar-refractivity contribution >= 4 is 5.91 Å². The zero-order valence-electron chi connectivity index (χ0n) is 13.3. The molecule has 1 aliphatic carbocycles. The number of hydrogen-bond donors (Lipinski definition) is 0. The predicted molar refractivity (Wildman–Crippen MR) is 85.5 cm³/mol. The van der Waals surface area contributed by atoms with E-state index in [4.69, 9.17) is 0 Å². The largest absolute Gasteiger partial charge is 0.416 e. The zero-order chi connectivity index (χ0) is 17.3. The van der Waals surface area contributed by atoms with Crippen molar-refractivity contribution in [3.05, 3.63) is 70.8 Å². The van der Waals surface area contributed by atoms with Gasteiger partial charge in [0.05, 0.1) is 5.56 Å². The van der Waals surface area contributed by atoms with Gasteiger partial charge in [0.15, 0.2) is 0 Å². The number of nitrogens with zero attached hydrogens (tertiary/aromatic N) is 1. The van der Waals surface area contributed by atoms with Crippen LogP contribution in [0.5, 0.6) is 0 Å². The molecule has 2 aromatic rings. The maximum atomic E-state index is 12.8. The second-order valence-corrected chi connectivity index (χ2v) is 6.23. The van der Waals surface area contributed by atoms with E-state index in [1.165, 1.54) is 12.1 Å². The van der Waals surface area contributed by atoms with Gasteiger partial charge in [0.2, 0.25) is 0 Å². The second kappa shape index (κ2) is 6.30. The number of benzene rings is 2. The first-order valence-corrected chi connectivity index (χ1v) is 7.88. The fraction of sp³-hybridized carbons (Fsp3) is 0.316. The van der Waals surface area contributed by atoms with Crippen LogP contribution in [0.4, 0.5) is 13.2 Å². The van der Waals surface area contributed by atoms with Crippen molar-refractivity contribution in [3.63, 3.8) is 0 Å². The van der Waals surface area contributed by atoms with Gasteiger partial charge in [-0.3, -0.25) is 4.79 Å². The first-order chi connectivity index (χ1) is 11.3. The Balaban J connectivity index is 1.78. The predicted octanol–water partition coefficient (Wildman–Crippen LogP) is 4.82. The minimum Gasteiger partial charge on any atom is -0.331 e. The van der Waals surface area contributed by atoms with Gasteiger partial charge in [0.25, 0.3) is 5.91 Å². The lowest BCUT2D eigenvalue weighted by atomic mass is 10.1. The number of carbonyl (C=O) groups excluding carboxylic acids is 1. The van der Waals surface area contributed by atoms with E-state index in [1.807, 2.05) is 25.1 Å². The van der Waals surface area contributed by atoms with Gasteiger partial charge in [0, 0.05) is 18.2 Å². The molecule has 0 unspecified atom stereocenters. The molecule has 1 aliphatic rings. The number of hydrogen-bond acceptors (Lipinski definition) is 1. The minimum atomic E-state index is -4.34. The van der Waals surface area contributed by atoms with Crippen LogP contribution in [0.2, 0.25) is 0 Å². The summed E-state index contributed by atoms with van der Waals surface area (Å²) in [5, 5.41) is 0. The van der Waals surface area contributed by atoms with Gasteiger partial charge in [-0.05, 0) is 49.6 Å². The number of aryl methyl sites for hydroxylation is 1. The van der Waals surface area contributed by atoms with Crippen LogP contribution in [0.3, 0.4) is 0 Å². The summed E-state index contributed by atoms with van der Waals surface area (Å²) < 4.78 is 37.9. The Labute approximate surface area is 138 Å². The molecule has 0 bridgehead atoms. The fourth-order valence-corrected chi connectivity index (χ4v) is 2.69. The Hall–Kier alpha value is -2.30. The monoisotopic (exact) mass is 333 g/mol. The molecule has 0 spiro atoms. The summed E-state index contributed by atoms with van der Waals surface area (Å²) in [5.74, 6) is -0.0684. The molecule has 0 aliphatic heterocycles. The average molecular weight is 333 g/mol. The number of carbonyl (C=O) groups is 1. The molecule has 1 saturated carbocycles. The smallest absolute Gasteiger partial charge is 0.331 e. The molecule has 5 heteroatoms. The summed E-state index contributed by atoms with van der Waals surface area (Å²) in [7, 11) is 0. The molecule has 1 fully saturated rings. The number of halogens is 3. The van der Waals surface area contributed by atoms with Crippen molar-refractivity contribution in [1.82, 2.24) is 4.90 Å². The number of alkyl halides is 3. The molecule has 2 nitrogen and oxygen atoms in total. The summed E-state index contributed by atoms with van der Waals surface area (Å²) in [6.45, 7) is 2.25. The summed E-state index contributed by atoms with van der Waals surface area (Å²) in [5.41, 5.74) is 1.66. The lowest BCUT2D eigenvalue weighted by molar-refractivity contribution is -0.137. The van der Waals surface area contributed by atoms with Crippen LogP contribution < -0.4 is 0 Å². The van der Waals surface area contributed by atoms with Gasteiger partial charge >= 0.3 is 6.18 Å². The highest BCUT2D eigenvalue weighted by Crippen LogP contribution is 2.32. The lowest BCUT2D eigenvalue weighted by Gasteiger charge is -2.23. The van der Waals surface area contributed by atoms with E-state index in [0.29, 0.717) is 17.7 Å². The van der Waals surface area contributed by atoms with E-state index in [-0.39, 0.29) is 11.9 Å². The Morgan fingerprint density at radius 3 is 2.33 bits per heavy atom. The maximum absolute atomic E-state index is 12.8. The Kier molecular flexibility index (Phi) is 4.35. The molecule has 24 heavy (non-hydrogen) atoms. The SMILES string of the molecule is Cc1cccc(C(=O)N(Cc2ccc(C(F)(F)F)cc2)C2CC2)c1. The molecule has 3 rings (SSSR count). The molecular weight excluding hydrogens is 315 g/mol. The summed E-state index contributed by atoms with van der Waals surface area (Å²) in [6, 6.07) is 12.6. The standard InChI is InChI=1S/C19H18F3NO/c1-13-3-2-4-15(11-13)18(24)23(17-9-10-17)12-14-5-7-16(8-6-14)19(20,21)22/h2-8,11,17H,9-10,12H2,1H3. The van der Waals surface area contributed by atoms with Gasteiger partial charge < -0.3 is 4.90 Å². The minimum absolute atomic E-state index is 0.0684. The van der Waals surface area contributed by atoms with Gasteiger partial charge in [-0.25, -0.2) is 0 Å². The van der Waals surface area contributed by atoms with Gasteiger partial charge in [0.1, 0.15) is 0 Å². The summed E-state index contributed by atoms with van der Waals surface area (Å²) >= 11 is 0. The van der Waals surface area contributed by atoms with Crippen LogP contribution in [0.1, 0.15) is 39.9 Å². The lowest BCUT2D eigenvalue weighted by Crippen LogP contribution is -2.32. The molecule has 2 aromatic carbocycles. The fourth-order valence-electron chi connectivity index (χ4n) is 2.69. The van der Waals surface area contributed by atoms with E-state index >= 15 is 0 Å². The highest BCUT2D eigenvalue weighted by molar-refractivity contribution is 5.94. The van der Waals surface area contributed by atoms with Crippen LogP contribution in [-0.4, -0.2) is 16.8 Å². The Morgan fingerprint density at radius 2 is 1.79 bits per heavy atom. The van der Waals surface area contributed by atoms with Crippen molar-refractivity contribution < 1.29 is 18.0 Å². The molecule has 1 amide bonds. The summed E-state index contributed by atoms with van der Waals surface area (Å²) in [4.78, 5) is 14.5. The van der Waals surface area contributed by atoms with Gasteiger partial charge in [-0.1, -0.05) is 29.8 Å². The first-order valence-electron chi connectivity index (χ1n) is 7.88. The third-order valence-electron chi connectivity index (χ3n) is 4.15. The highest BCUT2D eigenvalue weighted by Gasteiger charge is 2.34. The number of amides is 1. The maximum Gasteiger partial charge on any atom is 0.416 e. The van der Waals surface area contributed by atoms with Crippen molar-refractivity contribution in [3.8, 4) is 0 Å². The first kappa shape index (κ1) is 16.6. The van der Waals surface area contributed by atoms with Crippen LogP contribution >= 0.6 is 0 Å². The van der Waals surface area contributed by atoms with Crippen molar-refractivity contribution in [1.29, 1.82) is 0 Å². The Morgan fingerprint density at radius 1 is 1.12 bits per heavy atom. The number of rotatable bonds is 4. The normalized spacial score (nSPS) is 14.5. The second-order valence-electron chi connectivity index (χ2n) is 6.23. The van der Waals surface area contributed by atoms with Crippen LogP contribution in [0.25, 0.3) is 0 Å². The van der Waals surface area contributed by atoms with Crippen molar-refractivity contribution in [2.75, 3.05) is 0 Å². The molecular formula is C19H18F3NO. The Bertz CT molecular complexity index is 733. The van der Waals surface area contributed by atoms with E-state index in [9.17, 15) is 18.0 Å². The van der Waals surface area contributed by atoms with Crippen molar-refractivity contribution in [2.45, 2.75) is 38.5 Å². The van der Waals surface area contributed by atoms with E-state index in [2.05, 4.69) is 0 Å². The van der Waals surface area contributed by atoms with Crippen molar-refractivity contribution in [2.24, 2.45) is 0 Å². The molecule has 0 N–H and O–H groups in total. The van der Waals surface area contributed by atoms with Gasteiger partial charge in [-0.2, -0.15) is 13.2 Å². The van der Waals surface area contributed by atoms with Crippen LogP contribution in [-0.2, 0) is 12.7 Å². The van der Waals surface area contributed by atoms with Crippen LogP contribution in [0, 0.1) is 6.92 Å². The third kappa shape index (κ3) is 3.78. The van der Waals surface area contributed by atoms with E-state index in [0.717, 1.165) is 30.5 Å². The third-order valence-corrected chi connectivity index (χ3v) is 4.15. The zero-order valence-corrected chi connectivity index (χ0v) is 13.3. The molecule has 0 aromatic heterocycles. The topological polar surface area (TPSA) is 20.3 Å². The molecule has 0 radical (unpaired) electrons. The molecule has 0 atom stereocenters. The highest BCUT2D eigenvalue weighted by atomic mass is 19.4. The average Bonchev–Trinajstić information content (AvgIpc) is 3.36. The van der Waals surface area contributed by atoms with Gasteiger partial charge in [-0.15, -0.1) is 0 Å². The molecule has 126 valence electrons. The van der Waals surface area contributed by atoms with Crippen LogP contribution in [0.15, 0.2) is 48.5 Å². The molecule has 0 saturated heterocycles. The summed E-state index contributed by atoms with van der Waals surface area (Å²) in [6.07, 6.45) is -2.46. The molecule has 0 heterocycles.